The second kappa shape index (κ2) is 4.92. The predicted molar refractivity (Wildman–Crippen MR) is 61.3 cm³/mol. The molecule has 1 heterocycles. The lowest BCUT2D eigenvalue weighted by molar-refractivity contribution is 0.627. The highest BCUT2D eigenvalue weighted by Gasteiger charge is 1.97. The molecule has 0 aliphatic heterocycles. The van der Waals surface area contributed by atoms with Crippen LogP contribution in [0.5, 0.6) is 0 Å². The third kappa shape index (κ3) is 2.90. The van der Waals surface area contributed by atoms with Crippen LogP contribution in [0.4, 0.5) is 4.39 Å². The lowest BCUT2D eigenvalue weighted by Gasteiger charge is -1.93. The SMILES string of the molecule is N#[11C]c1cc(F)cc(C#Cc2ccccn2)c1. The van der Waals surface area contributed by atoms with Gasteiger partial charge in [0.05, 0.1) is 11.6 Å². The van der Waals surface area contributed by atoms with Gasteiger partial charge >= 0.3 is 0 Å². The van der Waals surface area contributed by atoms with Gasteiger partial charge in [-0.3, -0.25) is 0 Å². The largest absolute Gasteiger partial charge is 0.248 e. The minimum absolute atomic E-state index is 0.260. The van der Waals surface area contributed by atoms with Crippen molar-refractivity contribution in [2.75, 3.05) is 0 Å². The summed E-state index contributed by atoms with van der Waals surface area (Å²) in [5, 5.41) is 8.69. The maximum Gasteiger partial charge on any atom is 0.125 e. The first-order chi connectivity index (χ1) is 8.28. The fraction of sp³-hybridized carbons (Fsp3) is 0. The van der Waals surface area contributed by atoms with Gasteiger partial charge in [0.2, 0.25) is 0 Å². The molecule has 2 nitrogen and oxygen atoms in total. The van der Waals surface area contributed by atoms with Gasteiger partial charge in [0.15, 0.2) is 0 Å². The number of rotatable bonds is 0. The average Bonchev–Trinajstić information content (AvgIpc) is 2.37. The Kier molecular flexibility index (Phi) is 3.14. The summed E-state index contributed by atoms with van der Waals surface area (Å²) in [5.74, 6) is 5.11. The van der Waals surface area contributed by atoms with Crippen LogP contribution in [0.2, 0.25) is 0 Å². The van der Waals surface area contributed by atoms with E-state index in [9.17, 15) is 4.39 Å². The molecule has 3 heteroatoms. The van der Waals surface area contributed by atoms with E-state index in [0.717, 1.165) is 0 Å². The van der Waals surface area contributed by atoms with Crippen LogP contribution >= 0.6 is 0 Å². The van der Waals surface area contributed by atoms with Crippen molar-refractivity contribution < 1.29 is 4.39 Å². The Balaban J connectivity index is 2.35. The average molecular weight is 221 g/mol. The molecule has 2 aromatic rings. The Bertz CT molecular complexity index is 631. The van der Waals surface area contributed by atoms with Gasteiger partial charge in [-0.15, -0.1) is 0 Å². The van der Waals surface area contributed by atoms with E-state index in [0.29, 0.717) is 11.3 Å². The van der Waals surface area contributed by atoms with Crippen molar-refractivity contribution in [3.8, 4) is 17.9 Å². The van der Waals surface area contributed by atoms with E-state index in [1.54, 1.807) is 24.4 Å². The molecule has 0 bridgehead atoms. The molecule has 0 saturated carbocycles. The van der Waals surface area contributed by atoms with Crippen LogP contribution in [0.15, 0.2) is 42.6 Å². The molecule has 80 valence electrons. The van der Waals surface area contributed by atoms with Crippen molar-refractivity contribution in [1.82, 2.24) is 4.98 Å². The minimum Gasteiger partial charge on any atom is -0.248 e. The monoisotopic (exact) mass is 221 g/mol. The molecule has 2 rings (SSSR count). The summed E-state index contributed by atoms with van der Waals surface area (Å²) in [6, 6.07) is 11.3. The fourth-order valence-corrected chi connectivity index (χ4v) is 1.30. The van der Waals surface area contributed by atoms with Crippen molar-refractivity contribution in [2.45, 2.75) is 0 Å². The summed E-state index contributed by atoms with van der Waals surface area (Å²) < 4.78 is 13.1. The molecule has 0 unspecified atom stereocenters. The van der Waals surface area contributed by atoms with E-state index in [1.165, 1.54) is 12.1 Å². The van der Waals surface area contributed by atoms with Crippen LogP contribution in [0.25, 0.3) is 0 Å². The zero-order valence-electron chi connectivity index (χ0n) is 8.81. The Morgan fingerprint density at radius 3 is 2.59 bits per heavy atom. The predicted octanol–water partition coefficient (Wildman–Crippen LogP) is 2.49. The fourth-order valence-electron chi connectivity index (χ4n) is 1.30. The van der Waals surface area contributed by atoms with Crippen LogP contribution in [0.3, 0.4) is 0 Å². The summed E-state index contributed by atoms with van der Waals surface area (Å²) >= 11 is 0. The molecule has 0 aliphatic carbocycles. The number of hydrogen-bond donors (Lipinski definition) is 0. The van der Waals surface area contributed by atoms with E-state index in [2.05, 4.69) is 16.8 Å². The van der Waals surface area contributed by atoms with Gasteiger partial charge in [-0.2, -0.15) is 5.26 Å². The van der Waals surface area contributed by atoms with Crippen LogP contribution in [-0.4, -0.2) is 4.98 Å². The molecular weight excluding hydrogens is 214 g/mol. The molecule has 1 aromatic heterocycles. The first-order valence-corrected chi connectivity index (χ1v) is 4.92. The number of aromatic nitrogens is 1. The molecule has 0 saturated heterocycles. The van der Waals surface area contributed by atoms with E-state index in [1.807, 2.05) is 12.1 Å². The molecule has 0 fully saturated rings. The van der Waals surface area contributed by atoms with E-state index >= 15 is 0 Å². The number of pyridine rings is 1. The third-order valence-corrected chi connectivity index (χ3v) is 2.03. The van der Waals surface area contributed by atoms with E-state index in [4.69, 9.17) is 5.26 Å². The molecule has 17 heavy (non-hydrogen) atoms. The van der Waals surface area contributed by atoms with Crippen LogP contribution < -0.4 is 0 Å². The summed E-state index contributed by atoms with van der Waals surface area (Å²) in [6.07, 6.45) is 1.64. The van der Waals surface area contributed by atoms with Gasteiger partial charge in [0.25, 0.3) is 0 Å². The number of nitrogens with zero attached hydrogens (tertiary/aromatic N) is 2. The van der Waals surface area contributed by atoms with Gasteiger partial charge in [-0.25, -0.2) is 9.37 Å². The maximum absolute atomic E-state index is 13.1. The number of nitriles is 1. The van der Waals surface area contributed by atoms with Crippen molar-refractivity contribution in [1.29, 1.82) is 5.26 Å². The van der Waals surface area contributed by atoms with Crippen molar-refractivity contribution in [3.63, 3.8) is 0 Å². The van der Waals surface area contributed by atoms with E-state index < -0.39 is 5.82 Å². The van der Waals surface area contributed by atoms with Gasteiger partial charge in [-0.1, -0.05) is 12.0 Å². The normalized spacial score (nSPS) is 8.94. The topological polar surface area (TPSA) is 36.7 Å². The first-order valence-electron chi connectivity index (χ1n) is 4.92. The van der Waals surface area contributed by atoms with Gasteiger partial charge in [-0.05, 0) is 36.3 Å². The van der Waals surface area contributed by atoms with Gasteiger partial charge in [0.1, 0.15) is 11.5 Å². The van der Waals surface area contributed by atoms with Gasteiger partial charge < -0.3 is 0 Å². The Labute approximate surface area is 98.4 Å². The lowest BCUT2D eigenvalue weighted by atomic mass is 9.98. The highest BCUT2D eigenvalue weighted by molar-refractivity contribution is 5.44. The first kappa shape index (κ1) is 10.9. The quantitative estimate of drug-likeness (QED) is 0.641. The van der Waals surface area contributed by atoms with Crippen molar-refractivity contribution >= 4 is 0 Å². The maximum atomic E-state index is 13.1. The smallest absolute Gasteiger partial charge is 0.125 e. The van der Waals surface area contributed by atoms with Crippen molar-refractivity contribution in [2.24, 2.45) is 0 Å². The molecule has 1 aromatic carbocycles. The molecule has 0 aliphatic rings. The molecule has 0 N–H and O–H groups in total. The number of benzene rings is 1. The van der Waals surface area contributed by atoms with Crippen LogP contribution in [0.1, 0.15) is 16.8 Å². The summed E-state index contributed by atoms with van der Waals surface area (Å²) in [7, 11) is 0. The Morgan fingerprint density at radius 1 is 1.06 bits per heavy atom. The standard InChI is InChI=1S/C14H7FN2/c15-13-8-11(7-12(9-13)10-16)4-5-14-3-1-2-6-17-14/h1-3,6-9H/i10-1. The third-order valence-electron chi connectivity index (χ3n) is 2.03. The molecule has 0 radical (unpaired) electrons. The van der Waals surface area contributed by atoms with Crippen LogP contribution in [-0.2, 0) is 0 Å². The molecular formula is C14H7FN2. The molecule has 0 amide bonds. The number of halogens is 1. The van der Waals surface area contributed by atoms with Gasteiger partial charge in [0, 0.05) is 11.8 Å². The zero-order valence-corrected chi connectivity index (χ0v) is 8.81. The number of hydrogen-bond acceptors (Lipinski definition) is 2. The Hall–Kier alpha value is -2.65. The summed E-state index contributed by atoms with van der Waals surface area (Å²) in [6.45, 7) is 0. The lowest BCUT2D eigenvalue weighted by Crippen LogP contribution is -1.84. The Morgan fingerprint density at radius 2 is 1.88 bits per heavy atom. The summed E-state index contributed by atoms with van der Waals surface area (Å²) in [5.41, 5.74) is 1.33. The molecule has 0 spiro atoms. The second-order valence-corrected chi connectivity index (χ2v) is 3.31. The highest BCUT2D eigenvalue weighted by atomic mass is 19.1. The highest BCUT2D eigenvalue weighted by Crippen LogP contribution is 2.07. The summed E-state index contributed by atoms with van der Waals surface area (Å²) in [4.78, 5) is 4.03. The minimum atomic E-state index is -0.464. The zero-order chi connectivity index (χ0) is 12.1. The molecule has 0 atom stereocenters. The van der Waals surface area contributed by atoms with E-state index in [-0.39, 0.29) is 5.56 Å². The van der Waals surface area contributed by atoms with Crippen molar-refractivity contribution in [3.05, 3.63) is 65.2 Å². The van der Waals surface area contributed by atoms with Crippen LogP contribution in [0, 0.1) is 29.0 Å². The second-order valence-electron chi connectivity index (χ2n) is 3.31.